The molecule has 7 aromatic rings. The Hall–Kier alpha value is -6.36. The van der Waals surface area contributed by atoms with Crippen LogP contribution in [0, 0.1) is 0 Å². The molecule has 2 heterocycles. The van der Waals surface area contributed by atoms with Crippen molar-refractivity contribution in [3.8, 4) is 23.0 Å². The summed E-state index contributed by atoms with van der Waals surface area (Å²) in [5.74, 6) is 0.196. The minimum Gasteiger partial charge on any atom is -0.457 e. The molecule has 56 heavy (non-hydrogen) atoms. The van der Waals surface area contributed by atoms with Gasteiger partial charge in [0.15, 0.2) is 0 Å². The number of fused-ring (bicyclic) bond motifs is 2. The van der Waals surface area contributed by atoms with Crippen LogP contribution in [0.3, 0.4) is 0 Å². The Morgan fingerprint density at radius 2 is 0.804 bits per heavy atom. The van der Waals surface area contributed by atoms with Crippen LogP contribution in [0.25, 0.3) is 43.1 Å². The number of rotatable bonds is 14. The Labute approximate surface area is 321 Å². The van der Waals surface area contributed by atoms with E-state index in [2.05, 4.69) is 0 Å². The number of ether oxygens (including phenoxy) is 2. The highest BCUT2D eigenvalue weighted by atomic mass is 16.5. The zero-order chi connectivity index (χ0) is 38.5. The van der Waals surface area contributed by atoms with Crippen LogP contribution < -0.4 is 9.47 Å². The SMILES string of the molecule is O=C1c2ccc3c4c(Oc5ccccc5)cc5c6c(ccc(c7c(Oc8ccccc8)cc(c2c37)C(=O)N1CCCCCO)c64)C(=O)N(CCCCCO)C5=O. The lowest BCUT2D eigenvalue weighted by molar-refractivity contribution is 0.0591. The number of imide groups is 2. The van der Waals surface area contributed by atoms with Gasteiger partial charge in [0, 0.05) is 69.7 Å². The van der Waals surface area contributed by atoms with Crippen molar-refractivity contribution in [2.45, 2.75) is 38.5 Å². The minimum atomic E-state index is -0.430. The van der Waals surface area contributed by atoms with Crippen LogP contribution in [0.2, 0.25) is 0 Å². The number of unbranched alkanes of at least 4 members (excludes halogenated alkanes) is 4. The van der Waals surface area contributed by atoms with Crippen molar-refractivity contribution in [1.29, 1.82) is 0 Å². The highest BCUT2D eigenvalue weighted by molar-refractivity contribution is 6.43. The average molecular weight is 747 g/mol. The molecule has 0 fully saturated rings. The predicted molar refractivity (Wildman–Crippen MR) is 213 cm³/mol. The molecule has 7 aromatic carbocycles. The number of aliphatic hydroxyl groups is 2. The van der Waals surface area contributed by atoms with Gasteiger partial charge in [0.05, 0.1) is 11.1 Å². The predicted octanol–water partition coefficient (Wildman–Crippen LogP) is 8.84. The van der Waals surface area contributed by atoms with Gasteiger partial charge < -0.3 is 19.7 Å². The van der Waals surface area contributed by atoms with Gasteiger partial charge in [-0.2, -0.15) is 0 Å². The summed E-state index contributed by atoms with van der Waals surface area (Å²) in [6, 6.07) is 29.1. The highest BCUT2D eigenvalue weighted by Crippen LogP contribution is 2.52. The topological polar surface area (TPSA) is 134 Å². The number of nitrogens with zero attached hydrogens (tertiary/aromatic N) is 2. The lowest BCUT2D eigenvalue weighted by Crippen LogP contribution is -2.41. The van der Waals surface area contributed by atoms with Gasteiger partial charge in [0.25, 0.3) is 23.6 Å². The van der Waals surface area contributed by atoms with Crippen molar-refractivity contribution in [3.05, 3.63) is 119 Å². The van der Waals surface area contributed by atoms with Gasteiger partial charge in [-0.1, -0.05) is 48.5 Å². The van der Waals surface area contributed by atoms with E-state index < -0.39 is 23.6 Å². The highest BCUT2D eigenvalue weighted by Gasteiger charge is 2.38. The number of benzene rings is 7. The smallest absolute Gasteiger partial charge is 0.261 e. The Morgan fingerprint density at radius 3 is 1.20 bits per heavy atom. The van der Waals surface area contributed by atoms with Gasteiger partial charge in [-0.25, -0.2) is 0 Å². The van der Waals surface area contributed by atoms with Gasteiger partial charge >= 0.3 is 0 Å². The molecule has 280 valence electrons. The summed E-state index contributed by atoms with van der Waals surface area (Å²) in [7, 11) is 0. The Bertz CT molecular complexity index is 2520. The fraction of sp³-hybridized carbons (Fsp3) is 0.217. The van der Waals surface area contributed by atoms with E-state index in [-0.39, 0.29) is 26.3 Å². The fourth-order valence-corrected chi connectivity index (χ4v) is 8.41. The molecule has 0 saturated heterocycles. The zero-order valence-electron chi connectivity index (χ0n) is 30.5. The first-order valence-electron chi connectivity index (χ1n) is 19.1. The maximum absolute atomic E-state index is 14.4. The molecular weight excluding hydrogens is 709 g/mol. The van der Waals surface area contributed by atoms with Crippen molar-refractivity contribution in [3.63, 3.8) is 0 Å². The van der Waals surface area contributed by atoms with Crippen molar-refractivity contribution in [2.24, 2.45) is 0 Å². The zero-order valence-corrected chi connectivity index (χ0v) is 30.5. The van der Waals surface area contributed by atoms with E-state index in [0.717, 1.165) is 0 Å². The van der Waals surface area contributed by atoms with E-state index in [4.69, 9.17) is 9.47 Å². The molecule has 0 atom stereocenters. The van der Waals surface area contributed by atoms with E-state index in [1.807, 2.05) is 72.8 Å². The van der Waals surface area contributed by atoms with E-state index >= 15 is 0 Å². The maximum Gasteiger partial charge on any atom is 0.261 e. The molecule has 2 aliphatic heterocycles. The first kappa shape index (κ1) is 35.3. The number of carbonyl (C=O) groups excluding carboxylic acids is 4. The Balaban J connectivity index is 1.36. The summed E-state index contributed by atoms with van der Waals surface area (Å²) >= 11 is 0. The standard InChI is InChI=1S/C46H38N2O8/c49-23-11-3-9-21-47-43(51)31-20-18-30-40-36(56-28-15-7-2-8-16-28)26-34-38-32(44(52)48(46(34)54)22-10-4-12-24-50)19-17-29(42(38)40)39-35(55-27-13-5-1-6-14-27)25-33(45(47)53)37(31)41(30)39/h1-2,5-8,13-20,25-26,49-50H,3-4,9-12,21-24H2. The first-order valence-corrected chi connectivity index (χ1v) is 19.1. The number of para-hydroxylation sites is 2. The third-order valence-corrected chi connectivity index (χ3v) is 11.0. The van der Waals surface area contributed by atoms with Crippen molar-refractivity contribution >= 4 is 66.7 Å². The fourth-order valence-electron chi connectivity index (χ4n) is 8.41. The maximum atomic E-state index is 14.4. The van der Waals surface area contributed by atoms with Gasteiger partial charge in [-0.15, -0.1) is 0 Å². The number of hydrogen-bond acceptors (Lipinski definition) is 8. The van der Waals surface area contributed by atoms with Crippen LogP contribution in [-0.4, -0.2) is 69.9 Å². The number of hydrogen-bond donors (Lipinski definition) is 2. The lowest BCUT2D eigenvalue weighted by atomic mass is 9.81. The van der Waals surface area contributed by atoms with Crippen LogP contribution >= 0.6 is 0 Å². The molecule has 0 spiro atoms. The Morgan fingerprint density at radius 1 is 0.411 bits per heavy atom. The van der Waals surface area contributed by atoms with Crippen molar-refractivity contribution in [1.82, 2.24) is 9.80 Å². The van der Waals surface area contributed by atoms with Crippen LogP contribution in [0.4, 0.5) is 0 Å². The molecule has 0 radical (unpaired) electrons. The average Bonchev–Trinajstić information content (AvgIpc) is 3.22. The van der Waals surface area contributed by atoms with E-state index in [1.54, 1.807) is 24.3 Å². The monoisotopic (exact) mass is 746 g/mol. The molecule has 0 aromatic heterocycles. The van der Waals surface area contributed by atoms with Crippen LogP contribution in [0.5, 0.6) is 23.0 Å². The molecular formula is C46H38N2O8. The third-order valence-electron chi connectivity index (χ3n) is 11.0. The second kappa shape index (κ2) is 14.4. The minimum absolute atomic E-state index is 0.0367. The molecule has 9 rings (SSSR count). The lowest BCUT2D eigenvalue weighted by Gasteiger charge is -2.31. The summed E-state index contributed by atoms with van der Waals surface area (Å²) in [6.07, 6.45) is 3.59. The van der Waals surface area contributed by atoms with Gasteiger partial charge in [0.1, 0.15) is 23.0 Å². The molecule has 2 N–H and O–H groups in total. The summed E-state index contributed by atoms with van der Waals surface area (Å²) in [5, 5.41) is 23.5. The van der Waals surface area contributed by atoms with E-state index in [0.29, 0.717) is 127 Å². The quantitative estimate of drug-likeness (QED) is 0.0488. The van der Waals surface area contributed by atoms with E-state index in [9.17, 15) is 29.4 Å². The summed E-state index contributed by atoms with van der Waals surface area (Å²) < 4.78 is 13.3. The van der Waals surface area contributed by atoms with E-state index in [1.165, 1.54) is 9.80 Å². The van der Waals surface area contributed by atoms with Crippen LogP contribution in [-0.2, 0) is 0 Å². The molecule has 0 aliphatic carbocycles. The molecule has 0 bridgehead atoms. The molecule has 4 amide bonds. The second-order valence-electron chi connectivity index (χ2n) is 14.3. The summed E-state index contributed by atoms with van der Waals surface area (Å²) in [5.41, 5.74) is 1.43. The molecule has 0 unspecified atom stereocenters. The largest absolute Gasteiger partial charge is 0.457 e. The van der Waals surface area contributed by atoms with Gasteiger partial charge in [0.2, 0.25) is 0 Å². The molecule has 10 heteroatoms. The van der Waals surface area contributed by atoms with Gasteiger partial charge in [-0.3, -0.25) is 29.0 Å². The summed E-state index contributed by atoms with van der Waals surface area (Å²) in [6.45, 7) is 0.490. The number of carbonyl (C=O) groups is 4. The van der Waals surface area contributed by atoms with Crippen molar-refractivity contribution < 1.29 is 38.9 Å². The molecule has 2 aliphatic rings. The molecule has 10 nitrogen and oxygen atoms in total. The Kier molecular flexibility index (Phi) is 9.07. The normalized spacial score (nSPS) is 14.0. The number of aliphatic hydroxyl groups excluding tert-OH is 2. The second-order valence-corrected chi connectivity index (χ2v) is 14.3. The van der Waals surface area contributed by atoms with Gasteiger partial charge in [-0.05, 0) is 97.8 Å². The third kappa shape index (κ3) is 5.63. The molecule has 0 saturated carbocycles. The van der Waals surface area contributed by atoms with Crippen LogP contribution in [0.15, 0.2) is 97.1 Å². The van der Waals surface area contributed by atoms with Crippen LogP contribution in [0.1, 0.15) is 80.0 Å². The van der Waals surface area contributed by atoms with Crippen molar-refractivity contribution in [2.75, 3.05) is 26.3 Å². The summed E-state index contributed by atoms with van der Waals surface area (Å²) in [4.78, 5) is 59.7. The number of amides is 4. The first-order chi connectivity index (χ1) is 27.4.